The third-order valence-electron chi connectivity index (χ3n) is 3.39. The maximum atomic E-state index is 12.9. The lowest BCUT2D eigenvalue weighted by Gasteiger charge is -2.08. The van der Waals surface area contributed by atoms with E-state index in [1.54, 1.807) is 36.4 Å². The third-order valence-corrected chi connectivity index (χ3v) is 3.39. The van der Waals surface area contributed by atoms with Gasteiger partial charge in [-0.1, -0.05) is 30.3 Å². The molecule has 0 bridgehead atoms. The molecule has 4 heteroatoms. The Balaban J connectivity index is 1.57. The number of carbonyl (C=O) groups is 1. The molecular formula is C20H16FNO2. The summed E-state index contributed by atoms with van der Waals surface area (Å²) in [5.74, 6) is 0.981. The molecule has 24 heavy (non-hydrogen) atoms. The van der Waals surface area contributed by atoms with Crippen LogP contribution in [0.4, 0.5) is 10.1 Å². The van der Waals surface area contributed by atoms with Crippen LogP contribution in [0.2, 0.25) is 0 Å². The maximum absolute atomic E-state index is 12.9. The van der Waals surface area contributed by atoms with Crippen molar-refractivity contribution in [1.29, 1.82) is 0 Å². The standard InChI is InChI=1S/C20H16FNO2/c21-16-8-6-15(7-9-16)14-20(23)22-17-10-12-19(13-11-17)24-18-4-2-1-3-5-18/h1-13H,14H2,(H,22,23). The van der Waals surface area contributed by atoms with Crippen LogP contribution in [0.3, 0.4) is 0 Å². The fourth-order valence-corrected chi connectivity index (χ4v) is 2.22. The number of ether oxygens (including phenoxy) is 1. The summed E-state index contributed by atoms with van der Waals surface area (Å²) in [7, 11) is 0. The molecule has 0 atom stereocenters. The minimum Gasteiger partial charge on any atom is -0.457 e. The molecule has 1 amide bonds. The van der Waals surface area contributed by atoms with Gasteiger partial charge in [0.2, 0.25) is 5.91 Å². The minimum atomic E-state index is -0.312. The Labute approximate surface area is 139 Å². The summed E-state index contributed by atoms with van der Waals surface area (Å²) < 4.78 is 18.5. The number of halogens is 1. The predicted molar refractivity (Wildman–Crippen MR) is 91.7 cm³/mol. The van der Waals surface area contributed by atoms with Crippen molar-refractivity contribution < 1.29 is 13.9 Å². The number of rotatable bonds is 5. The SMILES string of the molecule is O=C(Cc1ccc(F)cc1)Nc1ccc(Oc2ccccc2)cc1. The molecule has 3 aromatic carbocycles. The van der Waals surface area contributed by atoms with E-state index >= 15 is 0 Å². The zero-order valence-corrected chi connectivity index (χ0v) is 12.9. The number of benzene rings is 3. The van der Waals surface area contributed by atoms with Crippen LogP contribution >= 0.6 is 0 Å². The Morgan fingerprint density at radius 3 is 2.12 bits per heavy atom. The average molecular weight is 321 g/mol. The zero-order valence-electron chi connectivity index (χ0n) is 12.9. The second-order valence-corrected chi connectivity index (χ2v) is 5.29. The summed E-state index contributed by atoms with van der Waals surface area (Å²) in [6.45, 7) is 0. The summed E-state index contributed by atoms with van der Waals surface area (Å²) in [5.41, 5.74) is 1.44. The predicted octanol–water partition coefficient (Wildman–Crippen LogP) is 4.80. The Hall–Kier alpha value is -3.14. The molecule has 0 aromatic heterocycles. The second-order valence-electron chi connectivity index (χ2n) is 5.29. The first-order valence-electron chi connectivity index (χ1n) is 7.56. The van der Waals surface area contributed by atoms with Crippen molar-refractivity contribution in [3.8, 4) is 11.5 Å². The quantitative estimate of drug-likeness (QED) is 0.733. The van der Waals surface area contributed by atoms with Crippen LogP contribution in [0.1, 0.15) is 5.56 Å². The van der Waals surface area contributed by atoms with E-state index in [1.165, 1.54) is 12.1 Å². The van der Waals surface area contributed by atoms with Crippen molar-refractivity contribution in [3.05, 3.63) is 90.2 Å². The normalized spacial score (nSPS) is 10.2. The van der Waals surface area contributed by atoms with Gasteiger partial charge in [-0.3, -0.25) is 4.79 Å². The van der Waals surface area contributed by atoms with Gasteiger partial charge in [0, 0.05) is 5.69 Å². The number of nitrogens with one attached hydrogen (secondary N) is 1. The lowest BCUT2D eigenvalue weighted by Crippen LogP contribution is -2.14. The molecule has 0 aliphatic heterocycles. The minimum absolute atomic E-state index is 0.154. The van der Waals surface area contributed by atoms with E-state index in [4.69, 9.17) is 4.74 Å². The Bertz CT molecular complexity index is 799. The Kier molecular flexibility index (Phi) is 4.87. The monoisotopic (exact) mass is 321 g/mol. The highest BCUT2D eigenvalue weighted by Gasteiger charge is 2.05. The van der Waals surface area contributed by atoms with Gasteiger partial charge in [0.1, 0.15) is 17.3 Å². The van der Waals surface area contributed by atoms with Gasteiger partial charge >= 0.3 is 0 Å². The van der Waals surface area contributed by atoms with E-state index in [0.717, 1.165) is 11.3 Å². The van der Waals surface area contributed by atoms with Gasteiger partial charge in [-0.2, -0.15) is 0 Å². The summed E-state index contributed by atoms with van der Waals surface area (Å²) in [6.07, 6.45) is 0.197. The van der Waals surface area contributed by atoms with Gasteiger partial charge in [-0.15, -0.1) is 0 Å². The number of carbonyl (C=O) groups excluding carboxylic acids is 1. The molecule has 3 rings (SSSR count). The molecule has 0 heterocycles. The highest BCUT2D eigenvalue weighted by atomic mass is 19.1. The van der Waals surface area contributed by atoms with Gasteiger partial charge in [-0.25, -0.2) is 4.39 Å². The lowest BCUT2D eigenvalue weighted by molar-refractivity contribution is -0.115. The highest BCUT2D eigenvalue weighted by molar-refractivity contribution is 5.92. The van der Waals surface area contributed by atoms with Gasteiger partial charge in [0.15, 0.2) is 0 Å². The number of hydrogen-bond acceptors (Lipinski definition) is 2. The molecule has 0 saturated carbocycles. The van der Waals surface area contributed by atoms with E-state index in [-0.39, 0.29) is 18.1 Å². The van der Waals surface area contributed by atoms with Gasteiger partial charge in [0.25, 0.3) is 0 Å². The molecule has 120 valence electrons. The summed E-state index contributed by atoms with van der Waals surface area (Å²) in [5, 5.41) is 2.81. The van der Waals surface area contributed by atoms with Crippen molar-refractivity contribution in [2.24, 2.45) is 0 Å². The fourth-order valence-electron chi connectivity index (χ4n) is 2.22. The first kappa shape index (κ1) is 15.7. The van der Waals surface area contributed by atoms with Crippen LogP contribution in [0, 0.1) is 5.82 Å². The summed E-state index contributed by atoms with van der Waals surface area (Å²) >= 11 is 0. The second kappa shape index (κ2) is 7.42. The van der Waals surface area contributed by atoms with Gasteiger partial charge < -0.3 is 10.1 Å². The largest absolute Gasteiger partial charge is 0.457 e. The first-order valence-corrected chi connectivity index (χ1v) is 7.56. The van der Waals surface area contributed by atoms with E-state index in [0.29, 0.717) is 11.4 Å². The van der Waals surface area contributed by atoms with Crippen LogP contribution < -0.4 is 10.1 Å². The fraction of sp³-hybridized carbons (Fsp3) is 0.0500. The number of anilines is 1. The topological polar surface area (TPSA) is 38.3 Å². The van der Waals surface area contributed by atoms with E-state index < -0.39 is 0 Å². The van der Waals surface area contributed by atoms with Crippen molar-refractivity contribution in [2.75, 3.05) is 5.32 Å². The summed E-state index contributed by atoms with van der Waals surface area (Å²) in [6, 6.07) is 22.5. The van der Waals surface area contributed by atoms with E-state index in [9.17, 15) is 9.18 Å². The van der Waals surface area contributed by atoms with Gasteiger partial charge in [-0.05, 0) is 54.1 Å². The molecule has 3 aromatic rings. The molecule has 3 nitrogen and oxygen atoms in total. The van der Waals surface area contributed by atoms with Crippen molar-refractivity contribution >= 4 is 11.6 Å². The third kappa shape index (κ3) is 4.43. The number of hydrogen-bond donors (Lipinski definition) is 1. The molecule has 1 N–H and O–H groups in total. The van der Waals surface area contributed by atoms with E-state index in [2.05, 4.69) is 5.32 Å². The molecule has 0 spiro atoms. The smallest absolute Gasteiger partial charge is 0.228 e. The highest BCUT2D eigenvalue weighted by Crippen LogP contribution is 2.22. The molecule has 0 saturated heterocycles. The average Bonchev–Trinajstić information content (AvgIpc) is 2.60. The number of para-hydroxylation sites is 1. The van der Waals surface area contributed by atoms with Crippen molar-refractivity contribution in [1.82, 2.24) is 0 Å². The molecule has 0 radical (unpaired) electrons. The van der Waals surface area contributed by atoms with Crippen molar-refractivity contribution in [3.63, 3.8) is 0 Å². The van der Waals surface area contributed by atoms with Crippen molar-refractivity contribution in [2.45, 2.75) is 6.42 Å². The molecule has 0 unspecified atom stereocenters. The Morgan fingerprint density at radius 2 is 1.46 bits per heavy atom. The van der Waals surface area contributed by atoms with Crippen LogP contribution in [0.25, 0.3) is 0 Å². The molecule has 0 aliphatic carbocycles. The first-order chi connectivity index (χ1) is 11.7. The Morgan fingerprint density at radius 1 is 0.833 bits per heavy atom. The van der Waals surface area contributed by atoms with Crippen LogP contribution in [-0.2, 0) is 11.2 Å². The molecule has 0 aliphatic rings. The maximum Gasteiger partial charge on any atom is 0.228 e. The molecular weight excluding hydrogens is 305 g/mol. The van der Waals surface area contributed by atoms with Crippen LogP contribution in [-0.4, -0.2) is 5.91 Å². The summed E-state index contributed by atoms with van der Waals surface area (Å²) in [4.78, 5) is 12.0. The zero-order chi connectivity index (χ0) is 16.8. The van der Waals surface area contributed by atoms with Crippen LogP contribution in [0.5, 0.6) is 11.5 Å². The van der Waals surface area contributed by atoms with E-state index in [1.807, 2.05) is 30.3 Å². The number of amides is 1. The van der Waals surface area contributed by atoms with Gasteiger partial charge in [0.05, 0.1) is 6.42 Å². The molecule has 0 fully saturated rings. The van der Waals surface area contributed by atoms with Crippen LogP contribution in [0.15, 0.2) is 78.9 Å². The lowest BCUT2D eigenvalue weighted by atomic mass is 10.1.